The molecule has 0 radical (unpaired) electrons. The Morgan fingerprint density at radius 2 is 2.27 bits per heavy atom. The Labute approximate surface area is 88.1 Å². The SMILES string of the molecule is NC1CCn2c(cc3cccc(O)c32)C1. The fourth-order valence-electron chi connectivity index (χ4n) is 2.45. The molecule has 15 heavy (non-hydrogen) atoms. The Morgan fingerprint density at radius 3 is 3.13 bits per heavy atom. The number of hydrogen-bond donors (Lipinski definition) is 2. The first-order valence-electron chi connectivity index (χ1n) is 5.31. The molecule has 3 rings (SSSR count). The fourth-order valence-corrected chi connectivity index (χ4v) is 2.45. The number of nitrogens with two attached hydrogens (primary N) is 1. The molecule has 0 saturated heterocycles. The van der Waals surface area contributed by atoms with Crippen LogP contribution in [0.1, 0.15) is 12.1 Å². The van der Waals surface area contributed by atoms with Crippen molar-refractivity contribution in [2.24, 2.45) is 5.73 Å². The lowest BCUT2D eigenvalue weighted by atomic mass is 10.1. The minimum atomic E-state index is 0.268. The van der Waals surface area contributed by atoms with Gasteiger partial charge in [0.1, 0.15) is 5.75 Å². The molecule has 2 aromatic rings. The summed E-state index contributed by atoms with van der Waals surface area (Å²) in [5.41, 5.74) is 8.13. The maximum atomic E-state index is 9.83. The van der Waals surface area contributed by atoms with E-state index in [2.05, 4.69) is 10.6 Å². The first kappa shape index (κ1) is 8.80. The van der Waals surface area contributed by atoms with Gasteiger partial charge in [-0.15, -0.1) is 0 Å². The maximum absolute atomic E-state index is 9.83. The number of aromatic hydroxyl groups is 1. The number of para-hydroxylation sites is 1. The largest absolute Gasteiger partial charge is 0.506 e. The van der Waals surface area contributed by atoms with Gasteiger partial charge in [0.05, 0.1) is 5.52 Å². The lowest BCUT2D eigenvalue weighted by Gasteiger charge is -2.21. The van der Waals surface area contributed by atoms with Gasteiger partial charge in [-0.25, -0.2) is 0 Å². The second-order valence-electron chi connectivity index (χ2n) is 4.26. The first-order valence-corrected chi connectivity index (χ1v) is 5.31. The van der Waals surface area contributed by atoms with Crippen LogP contribution < -0.4 is 5.73 Å². The number of benzene rings is 1. The van der Waals surface area contributed by atoms with Gasteiger partial charge in [0.25, 0.3) is 0 Å². The topological polar surface area (TPSA) is 51.2 Å². The zero-order valence-corrected chi connectivity index (χ0v) is 8.48. The summed E-state index contributed by atoms with van der Waals surface area (Å²) in [7, 11) is 0. The van der Waals surface area contributed by atoms with Crippen LogP contribution in [0.15, 0.2) is 24.3 Å². The molecule has 1 aliphatic heterocycles. The van der Waals surface area contributed by atoms with Crippen LogP contribution in [0.4, 0.5) is 0 Å². The fraction of sp³-hybridized carbons (Fsp3) is 0.333. The lowest BCUT2D eigenvalue weighted by molar-refractivity contribution is 0.459. The predicted octanol–water partition coefficient (Wildman–Crippen LogP) is 1.62. The minimum Gasteiger partial charge on any atom is -0.506 e. The van der Waals surface area contributed by atoms with E-state index >= 15 is 0 Å². The number of hydrogen-bond acceptors (Lipinski definition) is 2. The Morgan fingerprint density at radius 1 is 1.40 bits per heavy atom. The lowest BCUT2D eigenvalue weighted by Crippen LogP contribution is -2.30. The van der Waals surface area contributed by atoms with E-state index in [0.717, 1.165) is 30.3 Å². The molecule has 0 bridgehead atoms. The summed E-state index contributed by atoms with van der Waals surface area (Å²) in [4.78, 5) is 0. The zero-order valence-electron chi connectivity index (χ0n) is 8.48. The van der Waals surface area contributed by atoms with Gasteiger partial charge in [0.2, 0.25) is 0 Å². The normalized spacial score (nSPS) is 20.5. The van der Waals surface area contributed by atoms with Crippen molar-refractivity contribution in [2.75, 3.05) is 0 Å². The van der Waals surface area contributed by atoms with Crippen molar-refractivity contribution in [3.63, 3.8) is 0 Å². The Bertz CT molecular complexity index is 516. The number of phenolic OH excluding ortho intramolecular Hbond substituents is 1. The number of fused-ring (bicyclic) bond motifs is 3. The molecular weight excluding hydrogens is 188 g/mol. The van der Waals surface area contributed by atoms with Crippen LogP contribution in [0.3, 0.4) is 0 Å². The van der Waals surface area contributed by atoms with Crippen molar-refractivity contribution in [3.8, 4) is 5.75 Å². The summed E-state index contributed by atoms with van der Waals surface area (Å²) in [6.07, 6.45) is 1.90. The van der Waals surface area contributed by atoms with Gasteiger partial charge in [-0.3, -0.25) is 0 Å². The molecule has 0 amide bonds. The van der Waals surface area contributed by atoms with E-state index in [1.807, 2.05) is 12.1 Å². The van der Waals surface area contributed by atoms with Crippen molar-refractivity contribution in [1.82, 2.24) is 4.57 Å². The van der Waals surface area contributed by atoms with Crippen LogP contribution in [0, 0.1) is 0 Å². The number of rotatable bonds is 0. The number of aromatic nitrogens is 1. The summed E-state index contributed by atoms with van der Waals surface area (Å²) in [6, 6.07) is 8.05. The van der Waals surface area contributed by atoms with Crippen molar-refractivity contribution in [1.29, 1.82) is 0 Å². The molecule has 3 N–H and O–H groups in total. The van der Waals surface area contributed by atoms with Gasteiger partial charge < -0.3 is 15.4 Å². The molecule has 0 saturated carbocycles. The molecule has 3 nitrogen and oxygen atoms in total. The number of phenols is 1. The van der Waals surface area contributed by atoms with Gasteiger partial charge >= 0.3 is 0 Å². The van der Waals surface area contributed by atoms with E-state index in [1.165, 1.54) is 5.69 Å². The number of aryl methyl sites for hydroxylation is 1. The zero-order chi connectivity index (χ0) is 10.4. The van der Waals surface area contributed by atoms with Gasteiger partial charge in [0.15, 0.2) is 0 Å². The van der Waals surface area contributed by atoms with Crippen LogP contribution in [0.25, 0.3) is 10.9 Å². The molecule has 0 fully saturated rings. The van der Waals surface area contributed by atoms with E-state index in [1.54, 1.807) is 6.07 Å². The van der Waals surface area contributed by atoms with E-state index in [-0.39, 0.29) is 6.04 Å². The van der Waals surface area contributed by atoms with E-state index in [0.29, 0.717) is 5.75 Å². The van der Waals surface area contributed by atoms with Gasteiger partial charge in [-0.05, 0) is 18.6 Å². The summed E-state index contributed by atoms with van der Waals surface area (Å²) >= 11 is 0. The minimum absolute atomic E-state index is 0.268. The Hall–Kier alpha value is -1.48. The third-order valence-corrected chi connectivity index (χ3v) is 3.18. The summed E-state index contributed by atoms with van der Waals surface area (Å²) < 4.78 is 2.19. The molecule has 0 spiro atoms. The second kappa shape index (κ2) is 3.00. The first-order chi connectivity index (χ1) is 7.25. The molecule has 1 aromatic carbocycles. The standard InChI is InChI=1S/C12H14N2O/c13-9-4-5-14-10(7-9)6-8-2-1-3-11(15)12(8)14/h1-3,6,9,15H,4-5,7,13H2. The highest BCUT2D eigenvalue weighted by Crippen LogP contribution is 2.30. The highest BCUT2D eigenvalue weighted by molar-refractivity contribution is 5.86. The van der Waals surface area contributed by atoms with Gasteiger partial charge in [-0.1, -0.05) is 12.1 Å². The molecule has 2 heterocycles. The molecule has 0 aliphatic carbocycles. The van der Waals surface area contributed by atoms with Crippen LogP contribution in [0.2, 0.25) is 0 Å². The molecular formula is C12H14N2O. The smallest absolute Gasteiger partial charge is 0.139 e. The molecule has 1 unspecified atom stereocenters. The average molecular weight is 202 g/mol. The van der Waals surface area contributed by atoms with Crippen molar-refractivity contribution in [3.05, 3.63) is 30.0 Å². The highest BCUT2D eigenvalue weighted by atomic mass is 16.3. The van der Waals surface area contributed by atoms with Gasteiger partial charge in [0, 0.05) is 30.1 Å². The Balaban J connectivity index is 2.29. The third kappa shape index (κ3) is 1.23. The van der Waals surface area contributed by atoms with Crippen LogP contribution in [0.5, 0.6) is 5.75 Å². The average Bonchev–Trinajstić information content (AvgIpc) is 2.56. The number of nitrogens with zero attached hydrogens (tertiary/aromatic N) is 1. The van der Waals surface area contributed by atoms with Crippen LogP contribution in [-0.4, -0.2) is 15.7 Å². The predicted molar refractivity (Wildman–Crippen MR) is 59.9 cm³/mol. The monoisotopic (exact) mass is 202 g/mol. The summed E-state index contributed by atoms with van der Waals surface area (Å²) in [6.45, 7) is 0.914. The molecule has 78 valence electrons. The second-order valence-corrected chi connectivity index (χ2v) is 4.26. The van der Waals surface area contributed by atoms with Crippen LogP contribution in [-0.2, 0) is 13.0 Å². The van der Waals surface area contributed by atoms with Crippen molar-refractivity contribution < 1.29 is 5.11 Å². The van der Waals surface area contributed by atoms with Gasteiger partial charge in [-0.2, -0.15) is 0 Å². The third-order valence-electron chi connectivity index (χ3n) is 3.18. The van der Waals surface area contributed by atoms with E-state index < -0.39 is 0 Å². The molecule has 1 aromatic heterocycles. The molecule has 3 heteroatoms. The molecule has 1 aliphatic rings. The van der Waals surface area contributed by atoms with E-state index in [9.17, 15) is 5.11 Å². The van der Waals surface area contributed by atoms with Crippen molar-refractivity contribution >= 4 is 10.9 Å². The quantitative estimate of drug-likeness (QED) is 0.682. The van der Waals surface area contributed by atoms with Crippen molar-refractivity contribution in [2.45, 2.75) is 25.4 Å². The molecule has 1 atom stereocenters. The summed E-state index contributed by atoms with van der Waals surface area (Å²) in [5.74, 6) is 0.370. The highest BCUT2D eigenvalue weighted by Gasteiger charge is 2.19. The van der Waals surface area contributed by atoms with E-state index in [4.69, 9.17) is 5.73 Å². The maximum Gasteiger partial charge on any atom is 0.139 e. The Kier molecular flexibility index (Phi) is 1.76. The van der Waals surface area contributed by atoms with Crippen LogP contribution >= 0.6 is 0 Å². The summed E-state index contributed by atoms with van der Waals surface area (Å²) in [5, 5.41) is 10.9.